The Balaban J connectivity index is 2.04. The molecular weight excluding hydrogens is 370 g/mol. The zero-order chi connectivity index (χ0) is 19.8. The lowest BCUT2D eigenvalue weighted by Gasteiger charge is -2.13. The van der Waals surface area contributed by atoms with Gasteiger partial charge in [-0.3, -0.25) is 14.9 Å². The van der Waals surface area contributed by atoms with E-state index in [2.05, 4.69) is 22.4 Å². The van der Waals surface area contributed by atoms with E-state index in [0.29, 0.717) is 10.9 Å². The molecule has 0 saturated carbocycles. The number of nitro groups is 1. The van der Waals surface area contributed by atoms with Crippen molar-refractivity contribution in [2.75, 3.05) is 12.4 Å². The molecule has 27 heavy (non-hydrogen) atoms. The van der Waals surface area contributed by atoms with Gasteiger partial charge in [-0.25, -0.2) is 0 Å². The number of hydrogen-bond donors (Lipinski definition) is 1. The van der Waals surface area contributed by atoms with E-state index in [1.165, 1.54) is 31.0 Å². The SMILES string of the molecule is CCCCCn1cnnc1S[C@H](C)C(=O)Nc1ccc(OC)cc1[N+](=O)[O-]. The van der Waals surface area contributed by atoms with Gasteiger partial charge in [0.25, 0.3) is 5.69 Å². The number of nitro benzene ring substituents is 1. The minimum Gasteiger partial charge on any atom is -0.496 e. The number of hydrogen-bond acceptors (Lipinski definition) is 7. The first-order valence-corrected chi connectivity index (χ1v) is 9.52. The normalized spacial score (nSPS) is 11.8. The molecule has 0 aliphatic carbocycles. The Bertz CT molecular complexity index is 795. The molecule has 0 aliphatic rings. The fraction of sp³-hybridized carbons (Fsp3) is 0.471. The van der Waals surface area contributed by atoms with E-state index >= 15 is 0 Å². The molecule has 0 aliphatic heterocycles. The van der Waals surface area contributed by atoms with Gasteiger partial charge in [0, 0.05) is 6.54 Å². The fourth-order valence-electron chi connectivity index (χ4n) is 2.36. The molecule has 0 saturated heterocycles. The molecule has 2 aromatic rings. The lowest BCUT2D eigenvalue weighted by atomic mass is 10.2. The first-order valence-electron chi connectivity index (χ1n) is 8.64. The summed E-state index contributed by atoms with van der Waals surface area (Å²) in [4.78, 5) is 23.2. The summed E-state index contributed by atoms with van der Waals surface area (Å²) in [6.45, 7) is 4.65. The second kappa shape index (κ2) is 9.91. The second-order valence-electron chi connectivity index (χ2n) is 5.90. The van der Waals surface area contributed by atoms with Gasteiger partial charge in [0.2, 0.25) is 5.91 Å². The summed E-state index contributed by atoms with van der Waals surface area (Å²) in [6, 6.07) is 4.29. The Morgan fingerprint density at radius 2 is 2.22 bits per heavy atom. The van der Waals surface area contributed by atoms with Gasteiger partial charge >= 0.3 is 0 Å². The number of ether oxygens (including phenoxy) is 1. The van der Waals surface area contributed by atoms with Gasteiger partial charge in [0.15, 0.2) is 5.16 Å². The predicted octanol–water partition coefficient (Wildman–Crippen LogP) is 3.50. The highest BCUT2D eigenvalue weighted by atomic mass is 32.2. The highest BCUT2D eigenvalue weighted by Crippen LogP contribution is 2.30. The zero-order valence-corrected chi connectivity index (χ0v) is 16.4. The van der Waals surface area contributed by atoms with E-state index in [4.69, 9.17) is 4.74 Å². The van der Waals surface area contributed by atoms with Gasteiger partial charge in [0.1, 0.15) is 17.8 Å². The number of aromatic nitrogens is 3. The summed E-state index contributed by atoms with van der Waals surface area (Å²) in [5.74, 6) is -0.00122. The zero-order valence-electron chi connectivity index (χ0n) is 15.5. The third kappa shape index (κ3) is 5.68. The van der Waals surface area contributed by atoms with E-state index in [-0.39, 0.29) is 17.3 Å². The van der Waals surface area contributed by atoms with E-state index in [9.17, 15) is 14.9 Å². The van der Waals surface area contributed by atoms with Crippen LogP contribution in [0.5, 0.6) is 5.75 Å². The van der Waals surface area contributed by atoms with Gasteiger partial charge in [-0.15, -0.1) is 10.2 Å². The minimum atomic E-state index is -0.555. The Morgan fingerprint density at radius 3 is 2.89 bits per heavy atom. The standard InChI is InChI=1S/C17H23N5O4S/c1-4-5-6-9-21-11-18-20-17(21)27-12(2)16(23)19-14-8-7-13(26-3)10-15(14)22(24)25/h7-8,10-12H,4-6,9H2,1-3H3,(H,19,23)/t12-/m1/s1. The molecule has 1 heterocycles. The number of anilines is 1. The van der Waals surface area contributed by atoms with Gasteiger partial charge in [-0.2, -0.15) is 0 Å². The van der Waals surface area contributed by atoms with Crippen LogP contribution in [0.25, 0.3) is 0 Å². The number of nitrogens with one attached hydrogen (secondary N) is 1. The van der Waals surface area contributed by atoms with Crippen LogP contribution in [0.1, 0.15) is 33.1 Å². The number of aryl methyl sites for hydroxylation is 1. The molecule has 1 aromatic carbocycles. The summed E-state index contributed by atoms with van der Waals surface area (Å²) in [5.41, 5.74) is -0.0923. The fourth-order valence-corrected chi connectivity index (χ4v) is 3.21. The highest BCUT2D eigenvalue weighted by molar-refractivity contribution is 8.00. The third-order valence-electron chi connectivity index (χ3n) is 3.89. The molecule has 1 aromatic heterocycles. The average Bonchev–Trinajstić information content (AvgIpc) is 3.09. The number of carbonyl (C=O) groups is 1. The molecule has 0 unspecified atom stereocenters. The topological polar surface area (TPSA) is 112 Å². The van der Waals surface area contributed by atoms with Crippen LogP contribution in [0.4, 0.5) is 11.4 Å². The number of nitrogens with zero attached hydrogens (tertiary/aromatic N) is 4. The first kappa shape index (κ1) is 20.7. The van der Waals surface area contributed by atoms with Crippen LogP contribution in [0.15, 0.2) is 29.7 Å². The molecule has 9 nitrogen and oxygen atoms in total. The second-order valence-corrected chi connectivity index (χ2v) is 7.21. The van der Waals surface area contributed by atoms with Crippen molar-refractivity contribution in [1.29, 1.82) is 0 Å². The Morgan fingerprint density at radius 1 is 1.44 bits per heavy atom. The Kier molecular flexibility index (Phi) is 7.59. The lowest BCUT2D eigenvalue weighted by Crippen LogP contribution is -2.23. The van der Waals surface area contributed by atoms with Crippen LogP contribution in [0.3, 0.4) is 0 Å². The van der Waals surface area contributed by atoms with Crippen LogP contribution < -0.4 is 10.1 Å². The van der Waals surface area contributed by atoms with Crippen molar-refractivity contribution in [3.8, 4) is 5.75 Å². The van der Waals surface area contributed by atoms with Crippen molar-refractivity contribution in [2.45, 2.75) is 50.1 Å². The molecule has 1 amide bonds. The molecule has 1 atom stereocenters. The minimum absolute atomic E-state index is 0.127. The number of carbonyl (C=O) groups excluding carboxylic acids is 1. The van der Waals surface area contributed by atoms with Gasteiger partial charge in [0.05, 0.1) is 23.3 Å². The van der Waals surface area contributed by atoms with Crippen molar-refractivity contribution in [3.05, 3.63) is 34.6 Å². The molecule has 2 rings (SSSR count). The van der Waals surface area contributed by atoms with E-state index in [0.717, 1.165) is 25.8 Å². The maximum Gasteiger partial charge on any atom is 0.296 e. The Labute approximate surface area is 161 Å². The van der Waals surface area contributed by atoms with Crippen molar-refractivity contribution in [3.63, 3.8) is 0 Å². The summed E-state index contributed by atoms with van der Waals surface area (Å²) >= 11 is 1.27. The molecular formula is C17H23N5O4S. The van der Waals surface area contributed by atoms with E-state index < -0.39 is 10.2 Å². The summed E-state index contributed by atoms with van der Waals surface area (Å²) in [6.07, 6.45) is 4.89. The van der Waals surface area contributed by atoms with Gasteiger partial charge in [-0.1, -0.05) is 31.5 Å². The number of methoxy groups -OCH3 is 1. The first-order chi connectivity index (χ1) is 13.0. The van der Waals surface area contributed by atoms with Crippen LogP contribution in [0, 0.1) is 10.1 Å². The van der Waals surface area contributed by atoms with Crippen LogP contribution in [0.2, 0.25) is 0 Å². The number of rotatable bonds is 10. The van der Waals surface area contributed by atoms with Crippen LogP contribution in [-0.4, -0.2) is 38.0 Å². The highest BCUT2D eigenvalue weighted by Gasteiger charge is 2.22. The number of amides is 1. The van der Waals surface area contributed by atoms with E-state index in [1.807, 2.05) is 4.57 Å². The van der Waals surface area contributed by atoms with Crippen LogP contribution >= 0.6 is 11.8 Å². The summed E-state index contributed by atoms with van der Waals surface area (Å²) in [7, 11) is 1.42. The largest absolute Gasteiger partial charge is 0.496 e. The van der Waals surface area contributed by atoms with Crippen molar-refractivity contribution in [1.82, 2.24) is 14.8 Å². The molecule has 0 radical (unpaired) electrons. The Hall–Kier alpha value is -2.62. The molecule has 0 bridgehead atoms. The monoisotopic (exact) mass is 393 g/mol. The van der Waals surface area contributed by atoms with Crippen molar-refractivity contribution < 1.29 is 14.5 Å². The molecule has 146 valence electrons. The van der Waals surface area contributed by atoms with Crippen LogP contribution in [-0.2, 0) is 11.3 Å². The number of benzene rings is 1. The quantitative estimate of drug-likeness (QED) is 0.284. The summed E-state index contributed by atoms with van der Waals surface area (Å²) < 4.78 is 6.91. The third-order valence-corrected chi connectivity index (χ3v) is 4.99. The molecule has 10 heteroatoms. The number of thioether (sulfide) groups is 1. The summed E-state index contributed by atoms with van der Waals surface area (Å²) in [5, 5.41) is 22.0. The van der Waals surface area contributed by atoms with E-state index in [1.54, 1.807) is 19.3 Å². The predicted molar refractivity (Wildman–Crippen MR) is 103 cm³/mol. The molecule has 0 spiro atoms. The smallest absolute Gasteiger partial charge is 0.296 e. The molecule has 0 fully saturated rings. The average molecular weight is 393 g/mol. The van der Waals surface area contributed by atoms with Gasteiger partial charge in [-0.05, 0) is 25.5 Å². The molecule has 1 N–H and O–H groups in total. The number of unbranched alkanes of at least 4 members (excludes halogenated alkanes) is 2. The lowest BCUT2D eigenvalue weighted by molar-refractivity contribution is -0.384. The maximum absolute atomic E-state index is 12.5. The maximum atomic E-state index is 12.5. The van der Waals surface area contributed by atoms with Crippen molar-refractivity contribution >= 4 is 29.0 Å². The van der Waals surface area contributed by atoms with Gasteiger partial charge < -0.3 is 14.6 Å². The van der Waals surface area contributed by atoms with Crippen molar-refractivity contribution in [2.24, 2.45) is 0 Å².